The molecule has 0 radical (unpaired) electrons. The Labute approximate surface area is 68.8 Å². The third kappa shape index (κ3) is 12.4. The van der Waals surface area contributed by atoms with Gasteiger partial charge >= 0.3 is 5.97 Å². The van der Waals surface area contributed by atoms with E-state index in [4.69, 9.17) is 10.8 Å². The monoisotopic (exact) mass is 180 g/mol. The van der Waals surface area contributed by atoms with Gasteiger partial charge in [0, 0.05) is 0 Å². The largest absolute Gasteiger partial charge is 0.480 e. The van der Waals surface area contributed by atoms with Crippen molar-refractivity contribution in [3.05, 3.63) is 0 Å². The van der Waals surface area contributed by atoms with Gasteiger partial charge in [-0.1, -0.05) is 6.92 Å². The fourth-order valence-electron chi connectivity index (χ4n) is 0.110. The molecule has 0 unspecified atom stereocenters. The molecule has 0 fully saturated rings. The maximum absolute atomic E-state index is 9.84. The van der Waals surface area contributed by atoms with Crippen molar-refractivity contribution in [3.8, 4) is 0 Å². The van der Waals surface area contributed by atoms with E-state index in [1.165, 1.54) is 6.92 Å². The first-order valence-corrected chi connectivity index (χ1v) is 3.72. The van der Waals surface area contributed by atoms with Crippen LogP contribution >= 0.6 is 0 Å². The first-order valence-electron chi connectivity index (χ1n) is 3.02. The number of carbonyl (C=O) groups is 1. The van der Waals surface area contributed by atoms with Crippen molar-refractivity contribution in [1.29, 1.82) is 0 Å². The van der Waals surface area contributed by atoms with Crippen LogP contribution in [-0.4, -0.2) is 27.9 Å². The molecular weight excluding hydrogens is 168 g/mol. The Morgan fingerprint density at radius 3 is 2.27 bits per heavy atom. The predicted molar refractivity (Wildman–Crippen MR) is 42.4 cm³/mol. The number of carboxylic acids is 1. The SMILES string of the molecule is CCN.C[C@H](N=S=O)C(=O)O. The summed E-state index contributed by atoms with van der Waals surface area (Å²) in [4.78, 5) is 9.84. The van der Waals surface area contributed by atoms with Gasteiger partial charge in [0.15, 0.2) is 17.5 Å². The molecule has 11 heavy (non-hydrogen) atoms. The quantitative estimate of drug-likeness (QED) is 0.616. The number of nitrogens with two attached hydrogens (primary N) is 1. The summed E-state index contributed by atoms with van der Waals surface area (Å²) in [7, 11) is 0. The summed E-state index contributed by atoms with van der Waals surface area (Å²) < 4.78 is 12.6. The molecule has 0 amide bonds. The molecule has 0 aromatic heterocycles. The third-order valence-electron chi connectivity index (χ3n) is 0.559. The van der Waals surface area contributed by atoms with Crippen molar-refractivity contribution >= 4 is 17.4 Å². The number of nitrogens with zero attached hydrogens (tertiary/aromatic N) is 1. The number of hydrogen-bond acceptors (Lipinski definition) is 4. The zero-order valence-electron chi connectivity index (χ0n) is 6.48. The molecule has 0 bridgehead atoms. The highest BCUT2D eigenvalue weighted by Gasteiger charge is 2.06. The summed E-state index contributed by atoms with van der Waals surface area (Å²) in [6.45, 7) is 3.99. The van der Waals surface area contributed by atoms with Crippen LogP contribution in [0, 0.1) is 0 Å². The van der Waals surface area contributed by atoms with Crippen LogP contribution in [0.25, 0.3) is 0 Å². The van der Waals surface area contributed by atoms with Gasteiger partial charge in [-0.15, -0.1) is 0 Å². The molecule has 0 aromatic rings. The number of rotatable bonds is 2. The van der Waals surface area contributed by atoms with Crippen LogP contribution in [0.3, 0.4) is 0 Å². The second-order valence-electron chi connectivity index (χ2n) is 1.60. The van der Waals surface area contributed by atoms with Crippen LogP contribution in [0.15, 0.2) is 4.36 Å². The van der Waals surface area contributed by atoms with Gasteiger partial charge in [0.2, 0.25) is 0 Å². The van der Waals surface area contributed by atoms with E-state index in [2.05, 4.69) is 4.36 Å². The third-order valence-corrected chi connectivity index (χ3v) is 0.961. The van der Waals surface area contributed by atoms with E-state index in [1.807, 2.05) is 6.92 Å². The molecule has 0 aliphatic rings. The lowest BCUT2D eigenvalue weighted by Crippen LogP contribution is -2.11. The standard InChI is InChI=1S/C3H5NO3S.C2H7N/c1-2(3(5)6)4-8-7;1-2-3/h2H,1H3,(H,5,6);2-3H2,1H3/t2-;/m0./s1. The summed E-state index contributed by atoms with van der Waals surface area (Å²) in [6.07, 6.45) is 0. The Hall–Kier alpha value is -0.750. The van der Waals surface area contributed by atoms with Gasteiger partial charge < -0.3 is 10.8 Å². The zero-order chi connectivity index (χ0) is 9.28. The molecule has 5 nitrogen and oxygen atoms in total. The Balaban J connectivity index is 0. The molecule has 0 aromatic carbocycles. The second kappa shape index (κ2) is 9.25. The van der Waals surface area contributed by atoms with E-state index in [0.29, 0.717) is 0 Å². The molecule has 1 atom stereocenters. The molecule has 0 aliphatic heterocycles. The molecule has 6 heteroatoms. The maximum Gasteiger partial charge on any atom is 0.329 e. The van der Waals surface area contributed by atoms with Crippen LogP contribution in [-0.2, 0) is 16.3 Å². The minimum absolute atomic E-state index is 0.0678. The van der Waals surface area contributed by atoms with Crippen LogP contribution in [0.2, 0.25) is 0 Å². The van der Waals surface area contributed by atoms with E-state index in [9.17, 15) is 9.00 Å². The van der Waals surface area contributed by atoms with Gasteiger partial charge in [-0.25, -0.2) is 4.79 Å². The Morgan fingerprint density at radius 1 is 1.82 bits per heavy atom. The normalized spacial score (nSPS) is 10.5. The van der Waals surface area contributed by atoms with Crippen LogP contribution < -0.4 is 5.73 Å². The molecule has 3 N–H and O–H groups in total. The highest BCUT2D eigenvalue weighted by Crippen LogP contribution is 1.84. The first kappa shape index (κ1) is 12.9. The minimum atomic E-state index is -1.08. The lowest BCUT2D eigenvalue weighted by molar-refractivity contribution is -0.137. The van der Waals surface area contributed by atoms with E-state index < -0.39 is 12.0 Å². The highest BCUT2D eigenvalue weighted by atomic mass is 32.1. The van der Waals surface area contributed by atoms with Crippen molar-refractivity contribution in [2.75, 3.05) is 6.54 Å². The van der Waals surface area contributed by atoms with Gasteiger partial charge in [0.1, 0.15) is 0 Å². The molecule has 0 spiro atoms. The second-order valence-corrected chi connectivity index (χ2v) is 1.96. The average Bonchev–Trinajstić information content (AvgIpc) is 1.90. The molecular formula is C5H12N2O3S. The smallest absolute Gasteiger partial charge is 0.329 e. The summed E-state index contributed by atoms with van der Waals surface area (Å²) in [5, 5.41) is 8.07. The molecule has 0 heterocycles. The van der Waals surface area contributed by atoms with Gasteiger partial charge in [-0.3, -0.25) is 0 Å². The Kier molecular flexibility index (Phi) is 10.8. The molecule has 0 rings (SSSR count). The summed E-state index contributed by atoms with van der Waals surface area (Å²) in [5.41, 5.74) is 4.85. The van der Waals surface area contributed by atoms with E-state index >= 15 is 0 Å². The van der Waals surface area contributed by atoms with Gasteiger partial charge in [0.25, 0.3) is 0 Å². The molecule has 0 aliphatic carbocycles. The lowest BCUT2D eigenvalue weighted by atomic mass is 10.4. The lowest BCUT2D eigenvalue weighted by Gasteiger charge is -1.89. The fourth-order valence-corrected chi connectivity index (χ4v) is 0.329. The topological polar surface area (TPSA) is 92.8 Å². The van der Waals surface area contributed by atoms with Crippen LogP contribution in [0.5, 0.6) is 0 Å². The zero-order valence-corrected chi connectivity index (χ0v) is 7.30. The Bertz CT molecular complexity index is 154. The number of hydrogen-bond donors (Lipinski definition) is 2. The Morgan fingerprint density at radius 2 is 2.18 bits per heavy atom. The molecule has 0 saturated heterocycles. The average molecular weight is 180 g/mol. The van der Waals surface area contributed by atoms with Crippen LogP contribution in [0.1, 0.15) is 13.8 Å². The predicted octanol–water partition coefficient (Wildman–Crippen LogP) is -0.179. The van der Waals surface area contributed by atoms with Crippen molar-refractivity contribution in [1.82, 2.24) is 0 Å². The van der Waals surface area contributed by atoms with Gasteiger partial charge in [-0.05, 0) is 13.5 Å². The van der Waals surface area contributed by atoms with Crippen molar-refractivity contribution in [2.24, 2.45) is 10.1 Å². The fraction of sp³-hybridized carbons (Fsp3) is 0.800. The van der Waals surface area contributed by atoms with Crippen LogP contribution in [0.4, 0.5) is 0 Å². The number of carboxylic acid groups (broad SMARTS) is 1. The summed E-state index contributed by atoms with van der Waals surface area (Å²) >= 11 is -0.0678. The molecule has 0 saturated carbocycles. The van der Waals surface area contributed by atoms with Crippen molar-refractivity contribution in [3.63, 3.8) is 0 Å². The van der Waals surface area contributed by atoms with E-state index in [1.54, 1.807) is 0 Å². The first-order chi connectivity index (χ1) is 5.09. The summed E-state index contributed by atoms with van der Waals surface area (Å²) in [6, 6.07) is -0.891. The van der Waals surface area contributed by atoms with Crippen molar-refractivity contribution in [2.45, 2.75) is 19.9 Å². The van der Waals surface area contributed by atoms with E-state index in [0.717, 1.165) is 6.54 Å². The maximum atomic E-state index is 9.84. The highest BCUT2D eigenvalue weighted by molar-refractivity contribution is 7.54. The van der Waals surface area contributed by atoms with Crippen molar-refractivity contribution < 1.29 is 14.1 Å². The minimum Gasteiger partial charge on any atom is -0.480 e. The summed E-state index contributed by atoms with van der Waals surface area (Å²) in [5.74, 6) is -1.08. The molecule has 66 valence electrons. The van der Waals surface area contributed by atoms with Gasteiger partial charge in [0.05, 0.1) is 0 Å². The van der Waals surface area contributed by atoms with E-state index in [-0.39, 0.29) is 11.5 Å². The van der Waals surface area contributed by atoms with Gasteiger partial charge in [-0.2, -0.15) is 8.57 Å². The number of aliphatic carboxylic acids is 1.